The Bertz CT molecular complexity index is 157. The van der Waals surface area contributed by atoms with E-state index in [-0.39, 0.29) is 0 Å². The standard InChI is InChI=1S/C10H20BrNO2/c1-3-13-5-4-12-7-10(6-11)14-8-9(12)2/h9-10H,3-8H2,1-2H3. The molecule has 1 aliphatic heterocycles. The first-order chi connectivity index (χ1) is 6.77. The minimum absolute atomic E-state index is 0.341. The van der Waals surface area contributed by atoms with Crippen molar-refractivity contribution in [3.63, 3.8) is 0 Å². The minimum atomic E-state index is 0.341. The largest absolute Gasteiger partial charge is 0.380 e. The van der Waals surface area contributed by atoms with Gasteiger partial charge in [-0.1, -0.05) is 15.9 Å². The summed E-state index contributed by atoms with van der Waals surface area (Å²) in [6.45, 7) is 8.74. The molecule has 0 aromatic heterocycles. The van der Waals surface area contributed by atoms with Crippen LogP contribution in [0.2, 0.25) is 0 Å². The number of morpholine rings is 1. The summed E-state index contributed by atoms with van der Waals surface area (Å²) in [7, 11) is 0. The Labute approximate surface area is 94.9 Å². The van der Waals surface area contributed by atoms with Crippen molar-refractivity contribution in [2.24, 2.45) is 0 Å². The second-order valence-corrected chi connectivity index (χ2v) is 4.30. The Morgan fingerprint density at radius 2 is 2.36 bits per heavy atom. The van der Waals surface area contributed by atoms with Gasteiger partial charge in [0.2, 0.25) is 0 Å². The first-order valence-electron chi connectivity index (χ1n) is 5.27. The van der Waals surface area contributed by atoms with E-state index >= 15 is 0 Å². The number of rotatable bonds is 5. The number of halogens is 1. The summed E-state index contributed by atoms with van der Waals surface area (Å²) in [6, 6.07) is 0.519. The van der Waals surface area contributed by atoms with Gasteiger partial charge in [-0.25, -0.2) is 0 Å². The van der Waals surface area contributed by atoms with Crippen molar-refractivity contribution in [1.82, 2.24) is 4.90 Å². The van der Waals surface area contributed by atoms with E-state index in [0.29, 0.717) is 12.1 Å². The molecule has 0 spiro atoms. The molecule has 1 heterocycles. The zero-order chi connectivity index (χ0) is 10.4. The molecule has 0 N–H and O–H groups in total. The summed E-state index contributed by atoms with van der Waals surface area (Å²) in [5.41, 5.74) is 0. The molecule has 1 rings (SSSR count). The summed E-state index contributed by atoms with van der Waals surface area (Å²) >= 11 is 3.46. The van der Waals surface area contributed by atoms with Crippen molar-refractivity contribution in [1.29, 1.82) is 0 Å². The normalized spacial score (nSPS) is 29.4. The number of hydrogen-bond donors (Lipinski definition) is 0. The van der Waals surface area contributed by atoms with Crippen molar-refractivity contribution in [3.05, 3.63) is 0 Å². The summed E-state index contributed by atoms with van der Waals surface area (Å²) in [6.07, 6.45) is 0.341. The third-order valence-corrected chi connectivity index (χ3v) is 3.26. The highest BCUT2D eigenvalue weighted by molar-refractivity contribution is 9.09. The topological polar surface area (TPSA) is 21.7 Å². The van der Waals surface area contributed by atoms with Crippen LogP contribution in [0, 0.1) is 0 Å². The van der Waals surface area contributed by atoms with Gasteiger partial charge in [0.05, 0.1) is 19.3 Å². The van der Waals surface area contributed by atoms with Crippen molar-refractivity contribution >= 4 is 15.9 Å². The van der Waals surface area contributed by atoms with E-state index in [9.17, 15) is 0 Å². The van der Waals surface area contributed by atoms with E-state index in [4.69, 9.17) is 9.47 Å². The van der Waals surface area contributed by atoms with Crippen LogP contribution in [0.25, 0.3) is 0 Å². The SMILES string of the molecule is CCOCCN1CC(CBr)OCC1C. The Morgan fingerprint density at radius 3 is 3.00 bits per heavy atom. The molecular formula is C10H20BrNO2. The van der Waals surface area contributed by atoms with E-state index in [0.717, 1.165) is 38.2 Å². The second-order valence-electron chi connectivity index (χ2n) is 3.65. The van der Waals surface area contributed by atoms with E-state index < -0.39 is 0 Å². The fourth-order valence-corrected chi connectivity index (χ4v) is 2.00. The molecule has 3 nitrogen and oxygen atoms in total. The fourth-order valence-electron chi connectivity index (χ4n) is 1.61. The number of hydrogen-bond acceptors (Lipinski definition) is 3. The maximum atomic E-state index is 5.65. The molecule has 1 aliphatic rings. The van der Waals surface area contributed by atoms with Crippen molar-refractivity contribution in [2.45, 2.75) is 26.0 Å². The summed E-state index contributed by atoms with van der Waals surface area (Å²) < 4.78 is 11.0. The van der Waals surface area contributed by atoms with Crippen LogP contribution in [0.3, 0.4) is 0 Å². The Kier molecular flexibility index (Phi) is 6.01. The Hall–Kier alpha value is 0.360. The van der Waals surface area contributed by atoms with Gasteiger partial charge in [-0.3, -0.25) is 4.90 Å². The molecule has 0 aromatic rings. The molecular weight excluding hydrogens is 246 g/mol. The van der Waals surface area contributed by atoms with Crippen LogP contribution < -0.4 is 0 Å². The van der Waals surface area contributed by atoms with Gasteiger partial charge in [-0.2, -0.15) is 0 Å². The first kappa shape index (κ1) is 12.4. The van der Waals surface area contributed by atoms with Crippen molar-refractivity contribution in [3.8, 4) is 0 Å². The van der Waals surface area contributed by atoms with Gasteiger partial charge in [0.1, 0.15) is 0 Å². The van der Waals surface area contributed by atoms with Crippen LogP contribution in [-0.2, 0) is 9.47 Å². The molecule has 0 saturated carbocycles. The summed E-state index contributed by atoms with van der Waals surface area (Å²) in [4.78, 5) is 2.44. The average molecular weight is 266 g/mol. The van der Waals surface area contributed by atoms with Crippen LogP contribution in [0.4, 0.5) is 0 Å². The van der Waals surface area contributed by atoms with Gasteiger partial charge in [-0.15, -0.1) is 0 Å². The maximum Gasteiger partial charge on any atom is 0.0799 e. The number of alkyl halides is 1. The van der Waals surface area contributed by atoms with Crippen molar-refractivity contribution < 1.29 is 9.47 Å². The average Bonchev–Trinajstić information content (AvgIpc) is 2.21. The molecule has 0 aliphatic carbocycles. The van der Waals surface area contributed by atoms with Gasteiger partial charge in [0, 0.05) is 31.1 Å². The van der Waals surface area contributed by atoms with Crippen molar-refractivity contribution in [2.75, 3.05) is 38.2 Å². The monoisotopic (exact) mass is 265 g/mol. The molecule has 1 saturated heterocycles. The number of ether oxygens (including phenoxy) is 2. The zero-order valence-electron chi connectivity index (χ0n) is 9.04. The fraction of sp³-hybridized carbons (Fsp3) is 1.00. The molecule has 4 heteroatoms. The second kappa shape index (κ2) is 6.77. The molecule has 14 heavy (non-hydrogen) atoms. The Balaban J connectivity index is 2.25. The van der Waals surface area contributed by atoms with E-state index in [1.54, 1.807) is 0 Å². The predicted octanol–water partition coefficient (Wildman–Crippen LogP) is 1.51. The van der Waals surface area contributed by atoms with E-state index in [1.165, 1.54) is 0 Å². The minimum Gasteiger partial charge on any atom is -0.380 e. The van der Waals surface area contributed by atoms with Gasteiger partial charge < -0.3 is 9.47 Å². The van der Waals surface area contributed by atoms with E-state index in [2.05, 4.69) is 27.8 Å². The predicted molar refractivity (Wildman–Crippen MR) is 61.1 cm³/mol. The van der Waals surface area contributed by atoms with Crippen LogP contribution in [0.5, 0.6) is 0 Å². The molecule has 0 amide bonds. The lowest BCUT2D eigenvalue weighted by molar-refractivity contribution is -0.0539. The van der Waals surface area contributed by atoms with Gasteiger partial charge in [0.15, 0.2) is 0 Å². The van der Waals surface area contributed by atoms with Gasteiger partial charge in [-0.05, 0) is 13.8 Å². The molecule has 0 bridgehead atoms. The third kappa shape index (κ3) is 3.85. The van der Waals surface area contributed by atoms with Gasteiger partial charge >= 0.3 is 0 Å². The lowest BCUT2D eigenvalue weighted by atomic mass is 10.2. The molecule has 0 radical (unpaired) electrons. The Morgan fingerprint density at radius 1 is 1.57 bits per heavy atom. The van der Waals surface area contributed by atoms with Crippen LogP contribution in [-0.4, -0.2) is 55.3 Å². The molecule has 2 atom stereocenters. The van der Waals surface area contributed by atoms with Gasteiger partial charge in [0.25, 0.3) is 0 Å². The quantitative estimate of drug-likeness (QED) is 0.556. The number of nitrogens with zero attached hydrogens (tertiary/aromatic N) is 1. The van der Waals surface area contributed by atoms with Crippen LogP contribution >= 0.6 is 15.9 Å². The first-order valence-corrected chi connectivity index (χ1v) is 6.39. The zero-order valence-corrected chi connectivity index (χ0v) is 10.6. The van der Waals surface area contributed by atoms with E-state index in [1.807, 2.05) is 6.92 Å². The summed E-state index contributed by atoms with van der Waals surface area (Å²) in [5.74, 6) is 0. The molecule has 0 aromatic carbocycles. The smallest absolute Gasteiger partial charge is 0.0799 e. The summed E-state index contributed by atoms with van der Waals surface area (Å²) in [5, 5.41) is 0.921. The maximum absolute atomic E-state index is 5.65. The molecule has 2 unspecified atom stereocenters. The lowest BCUT2D eigenvalue weighted by Crippen LogP contribution is -2.49. The highest BCUT2D eigenvalue weighted by atomic mass is 79.9. The molecule has 84 valence electrons. The van der Waals surface area contributed by atoms with Crippen LogP contribution in [0.1, 0.15) is 13.8 Å². The molecule has 1 fully saturated rings. The highest BCUT2D eigenvalue weighted by Crippen LogP contribution is 2.12. The third-order valence-electron chi connectivity index (χ3n) is 2.53. The van der Waals surface area contributed by atoms with Crippen LogP contribution in [0.15, 0.2) is 0 Å². The lowest BCUT2D eigenvalue weighted by Gasteiger charge is -2.37. The highest BCUT2D eigenvalue weighted by Gasteiger charge is 2.24.